The lowest BCUT2D eigenvalue weighted by molar-refractivity contribution is 0.0788. The van der Waals surface area contributed by atoms with Crippen LogP contribution in [0.5, 0.6) is 0 Å². The zero-order chi connectivity index (χ0) is 12.5. The van der Waals surface area contributed by atoms with Crippen LogP contribution in [0.25, 0.3) is 11.0 Å². The molecule has 1 aromatic heterocycles. The Morgan fingerprint density at radius 3 is 3.06 bits per heavy atom. The van der Waals surface area contributed by atoms with Crippen molar-refractivity contribution in [2.75, 3.05) is 19.6 Å². The van der Waals surface area contributed by atoms with Crippen LogP contribution in [0.2, 0.25) is 0 Å². The Bertz CT molecular complexity index is 576. The lowest BCUT2D eigenvalue weighted by atomic mass is 10.1. The van der Waals surface area contributed by atoms with Crippen molar-refractivity contribution in [2.45, 2.75) is 6.42 Å². The summed E-state index contributed by atoms with van der Waals surface area (Å²) < 4.78 is 5.41. The highest BCUT2D eigenvalue weighted by atomic mass is 16.3. The molecule has 1 aromatic carbocycles. The molecule has 4 nitrogen and oxygen atoms in total. The molecule has 1 fully saturated rings. The monoisotopic (exact) mass is 244 g/mol. The molecule has 1 atom stereocenters. The fourth-order valence-electron chi connectivity index (χ4n) is 2.52. The third-order valence-corrected chi connectivity index (χ3v) is 3.62. The molecule has 2 N–H and O–H groups in total. The fraction of sp³-hybridized carbons (Fsp3) is 0.357. The van der Waals surface area contributed by atoms with Crippen molar-refractivity contribution in [3.05, 3.63) is 36.1 Å². The van der Waals surface area contributed by atoms with Gasteiger partial charge in [0.05, 0.1) is 5.56 Å². The van der Waals surface area contributed by atoms with Gasteiger partial charge in [-0.3, -0.25) is 4.79 Å². The Hall–Kier alpha value is -1.81. The van der Waals surface area contributed by atoms with Crippen molar-refractivity contribution in [3.63, 3.8) is 0 Å². The molecule has 0 bridgehead atoms. The van der Waals surface area contributed by atoms with E-state index in [1.54, 1.807) is 6.26 Å². The highest BCUT2D eigenvalue weighted by molar-refractivity contribution is 6.05. The first-order valence-electron chi connectivity index (χ1n) is 6.25. The summed E-state index contributed by atoms with van der Waals surface area (Å²) in [5.74, 6) is 0.489. The van der Waals surface area contributed by atoms with Crippen LogP contribution < -0.4 is 5.73 Å². The van der Waals surface area contributed by atoms with Crippen LogP contribution in [-0.2, 0) is 0 Å². The van der Waals surface area contributed by atoms with Crippen LogP contribution >= 0.6 is 0 Å². The third-order valence-electron chi connectivity index (χ3n) is 3.62. The van der Waals surface area contributed by atoms with Crippen LogP contribution in [0.1, 0.15) is 16.8 Å². The summed E-state index contributed by atoms with van der Waals surface area (Å²) in [5, 5.41) is 0.888. The average Bonchev–Trinajstić information content (AvgIpc) is 3.04. The Balaban J connectivity index is 1.89. The first-order valence-corrected chi connectivity index (χ1v) is 6.25. The molecule has 1 saturated heterocycles. The molecule has 0 saturated carbocycles. The molecule has 1 amide bonds. The summed E-state index contributed by atoms with van der Waals surface area (Å²) in [7, 11) is 0. The molecular weight excluding hydrogens is 228 g/mol. The van der Waals surface area contributed by atoms with Gasteiger partial charge in [0.15, 0.2) is 0 Å². The number of carbonyl (C=O) groups is 1. The van der Waals surface area contributed by atoms with Gasteiger partial charge in [0.25, 0.3) is 5.91 Å². The first-order chi connectivity index (χ1) is 8.79. The summed E-state index contributed by atoms with van der Waals surface area (Å²) in [6, 6.07) is 7.61. The summed E-state index contributed by atoms with van der Waals surface area (Å²) >= 11 is 0. The van der Waals surface area contributed by atoms with Crippen molar-refractivity contribution in [1.82, 2.24) is 4.90 Å². The van der Waals surface area contributed by atoms with Gasteiger partial charge in [-0.1, -0.05) is 18.2 Å². The van der Waals surface area contributed by atoms with Gasteiger partial charge < -0.3 is 15.1 Å². The van der Waals surface area contributed by atoms with E-state index in [-0.39, 0.29) is 5.91 Å². The highest BCUT2D eigenvalue weighted by Gasteiger charge is 2.27. The molecule has 0 spiro atoms. The lowest BCUT2D eigenvalue weighted by Gasteiger charge is -2.15. The van der Waals surface area contributed by atoms with E-state index < -0.39 is 0 Å². The third kappa shape index (κ3) is 1.78. The van der Waals surface area contributed by atoms with Crippen molar-refractivity contribution < 1.29 is 9.21 Å². The largest absolute Gasteiger partial charge is 0.463 e. The summed E-state index contributed by atoms with van der Waals surface area (Å²) in [5.41, 5.74) is 7.06. The number of fused-ring (bicyclic) bond motifs is 1. The molecule has 2 aromatic rings. The van der Waals surface area contributed by atoms with Gasteiger partial charge in [-0.2, -0.15) is 0 Å². The molecule has 1 aliphatic heterocycles. The second-order valence-electron chi connectivity index (χ2n) is 4.79. The molecule has 1 unspecified atom stereocenters. The van der Waals surface area contributed by atoms with Crippen LogP contribution in [0.15, 0.2) is 34.9 Å². The van der Waals surface area contributed by atoms with Crippen molar-refractivity contribution in [2.24, 2.45) is 11.7 Å². The number of para-hydroxylation sites is 1. The number of rotatable bonds is 2. The Morgan fingerprint density at radius 1 is 1.44 bits per heavy atom. The fourth-order valence-corrected chi connectivity index (χ4v) is 2.52. The Morgan fingerprint density at radius 2 is 2.28 bits per heavy atom. The second-order valence-corrected chi connectivity index (χ2v) is 4.79. The maximum atomic E-state index is 12.4. The number of carbonyl (C=O) groups excluding carboxylic acids is 1. The van der Waals surface area contributed by atoms with E-state index in [1.165, 1.54) is 0 Å². The van der Waals surface area contributed by atoms with Gasteiger partial charge in [-0.05, 0) is 24.9 Å². The van der Waals surface area contributed by atoms with Crippen LogP contribution in [0.4, 0.5) is 0 Å². The quantitative estimate of drug-likeness (QED) is 0.877. The van der Waals surface area contributed by atoms with Crippen molar-refractivity contribution >= 4 is 16.9 Å². The minimum atomic E-state index is 0.0518. The summed E-state index contributed by atoms with van der Waals surface area (Å²) in [6.07, 6.45) is 2.56. The van der Waals surface area contributed by atoms with Crippen LogP contribution in [0, 0.1) is 5.92 Å². The maximum Gasteiger partial charge on any atom is 0.257 e. The average molecular weight is 244 g/mol. The molecular formula is C14H16N2O2. The molecule has 0 radical (unpaired) electrons. The predicted octanol–water partition coefficient (Wildman–Crippen LogP) is 1.85. The van der Waals surface area contributed by atoms with E-state index >= 15 is 0 Å². The zero-order valence-electron chi connectivity index (χ0n) is 10.1. The molecule has 0 aliphatic carbocycles. The number of amides is 1. The van der Waals surface area contributed by atoms with Crippen LogP contribution in [0.3, 0.4) is 0 Å². The molecule has 3 rings (SSSR count). The molecule has 94 valence electrons. The normalized spacial score (nSPS) is 19.6. The Kier molecular flexibility index (Phi) is 2.80. The zero-order valence-corrected chi connectivity index (χ0v) is 10.1. The van der Waals surface area contributed by atoms with E-state index in [0.29, 0.717) is 18.0 Å². The van der Waals surface area contributed by atoms with E-state index in [9.17, 15) is 4.79 Å². The van der Waals surface area contributed by atoms with E-state index in [1.807, 2.05) is 29.2 Å². The van der Waals surface area contributed by atoms with E-state index in [2.05, 4.69) is 0 Å². The standard InChI is InChI=1S/C14H16N2O2/c15-7-10-5-6-16(8-10)14(17)12-9-18-13-4-2-1-3-11(12)13/h1-4,9-10H,5-8,15H2. The van der Waals surface area contributed by atoms with Gasteiger partial charge >= 0.3 is 0 Å². The minimum Gasteiger partial charge on any atom is -0.463 e. The maximum absolute atomic E-state index is 12.4. The molecule has 2 heterocycles. The number of hydrogen-bond donors (Lipinski definition) is 1. The van der Waals surface area contributed by atoms with Gasteiger partial charge in [0, 0.05) is 18.5 Å². The summed E-state index contributed by atoms with van der Waals surface area (Å²) in [6.45, 7) is 2.20. The lowest BCUT2D eigenvalue weighted by Crippen LogP contribution is -2.29. The number of furan rings is 1. The molecule has 4 heteroatoms. The van der Waals surface area contributed by atoms with Crippen LogP contribution in [-0.4, -0.2) is 30.4 Å². The topological polar surface area (TPSA) is 59.5 Å². The number of nitrogens with zero attached hydrogens (tertiary/aromatic N) is 1. The SMILES string of the molecule is NCC1CCN(C(=O)c2coc3ccccc23)C1. The van der Waals surface area contributed by atoms with Gasteiger partial charge in [-0.15, -0.1) is 0 Å². The summed E-state index contributed by atoms with van der Waals surface area (Å²) in [4.78, 5) is 14.3. The number of benzene rings is 1. The van der Waals surface area contributed by atoms with Gasteiger partial charge in [0.2, 0.25) is 0 Å². The molecule has 1 aliphatic rings. The Labute approximate surface area is 105 Å². The minimum absolute atomic E-state index is 0.0518. The van der Waals surface area contributed by atoms with Crippen molar-refractivity contribution in [1.29, 1.82) is 0 Å². The number of likely N-dealkylation sites (tertiary alicyclic amines) is 1. The number of nitrogens with two attached hydrogens (primary N) is 1. The van der Waals surface area contributed by atoms with Gasteiger partial charge in [0.1, 0.15) is 11.8 Å². The van der Waals surface area contributed by atoms with E-state index in [0.717, 1.165) is 30.5 Å². The second kappa shape index (κ2) is 4.46. The highest BCUT2D eigenvalue weighted by Crippen LogP contribution is 2.24. The first kappa shape index (κ1) is 11.3. The van der Waals surface area contributed by atoms with Crippen molar-refractivity contribution in [3.8, 4) is 0 Å². The molecule has 18 heavy (non-hydrogen) atoms. The predicted molar refractivity (Wildman–Crippen MR) is 69.3 cm³/mol. The van der Waals surface area contributed by atoms with E-state index in [4.69, 9.17) is 10.2 Å². The van der Waals surface area contributed by atoms with Gasteiger partial charge in [-0.25, -0.2) is 0 Å². The smallest absolute Gasteiger partial charge is 0.257 e. The number of hydrogen-bond acceptors (Lipinski definition) is 3.